The number of likely N-dealkylation sites (N-methyl/N-ethyl adjacent to an activating group) is 1. The van der Waals surface area contributed by atoms with Crippen molar-refractivity contribution >= 4 is 5.57 Å². The van der Waals surface area contributed by atoms with E-state index in [0.29, 0.717) is 0 Å². The maximum atomic E-state index is 4.22. The van der Waals surface area contributed by atoms with Gasteiger partial charge in [0.1, 0.15) is 0 Å². The maximum absolute atomic E-state index is 4.22. The van der Waals surface area contributed by atoms with Crippen molar-refractivity contribution < 1.29 is 0 Å². The smallest absolute Gasteiger partial charge is 0.0346 e. The van der Waals surface area contributed by atoms with Gasteiger partial charge in [0.25, 0.3) is 0 Å². The Kier molecular flexibility index (Phi) is 4.48. The standard InChI is InChI=1S/C17H20N2/c1-14-6-8-15(9-7-14)17(10-12-19(2)3)16-5-4-11-18-13-16/h4-11,13H,12H2,1-3H3/b17-10-. The van der Waals surface area contributed by atoms with Gasteiger partial charge in [0.2, 0.25) is 0 Å². The van der Waals surface area contributed by atoms with E-state index in [1.807, 2.05) is 18.5 Å². The van der Waals surface area contributed by atoms with Crippen LogP contribution < -0.4 is 0 Å². The van der Waals surface area contributed by atoms with Crippen LogP contribution in [-0.2, 0) is 0 Å². The van der Waals surface area contributed by atoms with Crippen LogP contribution in [0.1, 0.15) is 16.7 Å². The Balaban J connectivity index is 2.40. The van der Waals surface area contributed by atoms with E-state index in [1.165, 1.54) is 16.7 Å². The van der Waals surface area contributed by atoms with Crippen LogP contribution in [0.15, 0.2) is 54.9 Å². The van der Waals surface area contributed by atoms with Crippen molar-refractivity contribution in [2.24, 2.45) is 0 Å². The van der Waals surface area contributed by atoms with Crippen LogP contribution in [0.4, 0.5) is 0 Å². The molecule has 0 spiro atoms. The summed E-state index contributed by atoms with van der Waals surface area (Å²) in [6, 6.07) is 12.7. The number of rotatable bonds is 4. The van der Waals surface area contributed by atoms with Crippen molar-refractivity contribution in [2.45, 2.75) is 6.92 Å². The first-order valence-corrected chi connectivity index (χ1v) is 6.49. The highest BCUT2D eigenvalue weighted by atomic mass is 15.0. The van der Waals surface area contributed by atoms with Crippen molar-refractivity contribution in [1.82, 2.24) is 9.88 Å². The van der Waals surface area contributed by atoms with Crippen molar-refractivity contribution in [2.75, 3.05) is 20.6 Å². The molecule has 0 aliphatic carbocycles. The van der Waals surface area contributed by atoms with Gasteiger partial charge in [-0.3, -0.25) is 4.98 Å². The van der Waals surface area contributed by atoms with Crippen LogP contribution in [0.3, 0.4) is 0 Å². The Bertz CT molecular complexity index is 539. The quantitative estimate of drug-likeness (QED) is 0.829. The fourth-order valence-electron chi connectivity index (χ4n) is 1.93. The highest BCUT2D eigenvalue weighted by Crippen LogP contribution is 2.22. The Morgan fingerprint density at radius 1 is 1.11 bits per heavy atom. The number of aromatic nitrogens is 1. The monoisotopic (exact) mass is 252 g/mol. The molecule has 2 heteroatoms. The molecule has 0 unspecified atom stereocenters. The van der Waals surface area contributed by atoms with Crippen LogP contribution in [0.2, 0.25) is 0 Å². The van der Waals surface area contributed by atoms with Gasteiger partial charge in [-0.2, -0.15) is 0 Å². The summed E-state index contributed by atoms with van der Waals surface area (Å²) in [7, 11) is 4.15. The Morgan fingerprint density at radius 3 is 2.42 bits per heavy atom. The number of nitrogens with zero attached hydrogens (tertiary/aromatic N) is 2. The summed E-state index contributed by atoms with van der Waals surface area (Å²) in [5, 5.41) is 0. The molecule has 98 valence electrons. The Labute approximate surface area is 115 Å². The van der Waals surface area contributed by atoms with Gasteiger partial charge in [0.05, 0.1) is 0 Å². The lowest BCUT2D eigenvalue weighted by molar-refractivity contribution is 0.457. The van der Waals surface area contributed by atoms with Gasteiger partial charge >= 0.3 is 0 Å². The lowest BCUT2D eigenvalue weighted by Gasteiger charge is -2.11. The molecule has 1 aromatic carbocycles. The number of benzene rings is 1. The number of hydrogen-bond acceptors (Lipinski definition) is 2. The van der Waals surface area contributed by atoms with E-state index in [2.05, 4.69) is 67.3 Å². The summed E-state index contributed by atoms with van der Waals surface area (Å²) in [5.74, 6) is 0. The zero-order valence-electron chi connectivity index (χ0n) is 11.8. The van der Waals surface area contributed by atoms with Gasteiger partial charge in [0, 0.05) is 24.5 Å². The van der Waals surface area contributed by atoms with Crippen molar-refractivity contribution in [3.63, 3.8) is 0 Å². The van der Waals surface area contributed by atoms with E-state index in [1.54, 1.807) is 0 Å². The van der Waals surface area contributed by atoms with Gasteiger partial charge in [0.15, 0.2) is 0 Å². The van der Waals surface area contributed by atoms with Gasteiger partial charge in [-0.15, -0.1) is 0 Å². The molecule has 0 amide bonds. The van der Waals surface area contributed by atoms with E-state index >= 15 is 0 Å². The molecule has 0 aliphatic rings. The molecule has 0 aliphatic heterocycles. The maximum Gasteiger partial charge on any atom is 0.0346 e. The first-order valence-electron chi connectivity index (χ1n) is 6.49. The third-order valence-electron chi connectivity index (χ3n) is 3.00. The topological polar surface area (TPSA) is 16.1 Å². The molecule has 2 nitrogen and oxygen atoms in total. The third-order valence-corrected chi connectivity index (χ3v) is 3.00. The summed E-state index contributed by atoms with van der Waals surface area (Å²) in [6.07, 6.45) is 5.98. The molecular formula is C17H20N2. The largest absolute Gasteiger partial charge is 0.306 e. The molecule has 2 rings (SSSR count). The zero-order chi connectivity index (χ0) is 13.7. The molecule has 1 aromatic heterocycles. The van der Waals surface area contributed by atoms with Crippen molar-refractivity contribution in [3.05, 3.63) is 71.6 Å². The molecule has 0 saturated carbocycles. The molecule has 0 radical (unpaired) electrons. The minimum absolute atomic E-state index is 0.915. The second-order valence-corrected chi connectivity index (χ2v) is 4.99. The van der Waals surface area contributed by atoms with Gasteiger partial charge in [-0.25, -0.2) is 0 Å². The van der Waals surface area contributed by atoms with E-state index in [4.69, 9.17) is 0 Å². The highest BCUT2D eigenvalue weighted by Gasteiger charge is 2.04. The summed E-state index contributed by atoms with van der Waals surface area (Å²) in [4.78, 5) is 6.38. The summed E-state index contributed by atoms with van der Waals surface area (Å²) < 4.78 is 0. The predicted octanol–water partition coefficient (Wildman–Crippen LogP) is 3.38. The first kappa shape index (κ1) is 13.5. The molecule has 0 atom stereocenters. The van der Waals surface area contributed by atoms with Crippen molar-refractivity contribution in [1.29, 1.82) is 0 Å². The van der Waals surface area contributed by atoms with Gasteiger partial charge in [-0.1, -0.05) is 42.0 Å². The fraction of sp³-hybridized carbons (Fsp3) is 0.235. The average molecular weight is 252 g/mol. The Hall–Kier alpha value is -1.93. The number of hydrogen-bond donors (Lipinski definition) is 0. The van der Waals surface area contributed by atoms with E-state index < -0.39 is 0 Å². The number of pyridine rings is 1. The summed E-state index contributed by atoms with van der Waals surface area (Å²) in [6.45, 7) is 3.02. The third kappa shape index (κ3) is 3.76. The minimum Gasteiger partial charge on any atom is -0.306 e. The lowest BCUT2D eigenvalue weighted by atomic mass is 9.98. The molecule has 0 N–H and O–H groups in total. The second kappa shape index (κ2) is 6.30. The zero-order valence-corrected chi connectivity index (χ0v) is 11.8. The predicted molar refractivity (Wildman–Crippen MR) is 81.0 cm³/mol. The highest BCUT2D eigenvalue weighted by molar-refractivity contribution is 5.79. The van der Waals surface area contributed by atoms with E-state index in [9.17, 15) is 0 Å². The molecule has 0 saturated heterocycles. The molecule has 19 heavy (non-hydrogen) atoms. The van der Waals surface area contributed by atoms with Crippen molar-refractivity contribution in [3.8, 4) is 0 Å². The summed E-state index contributed by atoms with van der Waals surface area (Å²) >= 11 is 0. The van der Waals surface area contributed by atoms with E-state index in [0.717, 1.165) is 12.1 Å². The molecule has 1 heterocycles. The number of aryl methyl sites for hydroxylation is 1. The SMILES string of the molecule is Cc1ccc(/C(=C/CN(C)C)c2cccnc2)cc1. The Morgan fingerprint density at radius 2 is 1.84 bits per heavy atom. The molecule has 0 fully saturated rings. The molecule has 2 aromatic rings. The van der Waals surface area contributed by atoms with Crippen LogP contribution in [0, 0.1) is 6.92 Å². The van der Waals surface area contributed by atoms with Gasteiger partial charge in [-0.05, 0) is 38.2 Å². The first-order chi connectivity index (χ1) is 9.16. The van der Waals surface area contributed by atoms with Crippen LogP contribution in [-0.4, -0.2) is 30.5 Å². The fourth-order valence-corrected chi connectivity index (χ4v) is 1.93. The molecular weight excluding hydrogens is 232 g/mol. The van der Waals surface area contributed by atoms with Crippen LogP contribution in [0.5, 0.6) is 0 Å². The molecule has 0 bridgehead atoms. The lowest BCUT2D eigenvalue weighted by Crippen LogP contribution is -2.11. The van der Waals surface area contributed by atoms with Crippen LogP contribution in [0.25, 0.3) is 5.57 Å². The minimum atomic E-state index is 0.915. The average Bonchev–Trinajstić information content (AvgIpc) is 2.42. The summed E-state index contributed by atoms with van der Waals surface area (Å²) in [5.41, 5.74) is 4.91. The van der Waals surface area contributed by atoms with Crippen LogP contribution >= 0.6 is 0 Å². The normalized spacial score (nSPS) is 11.9. The van der Waals surface area contributed by atoms with E-state index in [-0.39, 0.29) is 0 Å². The van der Waals surface area contributed by atoms with Gasteiger partial charge < -0.3 is 4.90 Å². The second-order valence-electron chi connectivity index (χ2n) is 4.99.